The molecule has 0 N–H and O–H groups in total. The summed E-state index contributed by atoms with van der Waals surface area (Å²) in [7, 11) is 3.83. The molecule has 5 heterocycles. The van der Waals surface area contributed by atoms with Crippen LogP contribution in [0, 0.1) is 12.3 Å². The molecule has 1 unspecified atom stereocenters. The Morgan fingerprint density at radius 2 is 1.86 bits per heavy atom. The van der Waals surface area contributed by atoms with Crippen LogP contribution in [-0.2, 0) is 34.9 Å². The smallest absolute Gasteiger partial charge is 0.163 e. The van der Waals surface area contributed by atoms with Gasteiger partial charge in [0.1, 0.15) is 5.82 Å². The van der Waals surface area contributed by atoms with E-state index < -0.39 is 0 Å². The highest BCUT2D eigenvalue weighted by atomic mass is 16.5. The number of methoxy groups -OCH3 is 1. The van der Waals surface area contributed by atoms with E-state index in [9.17, 15) is 0 Å². The minimum Gasteiger partial charge on any atom is -0.381 e. The predicted octanol–water partition coefficient (Wildman–Crippen LogP) is 5.44. The zero-order valence-corrected chi connectivity index (χ0v) is 25.8. The lowest BCUT2D eigenvalue weighted by Gasteiger charge is -2.45. The Bertz CT molecular complexity index is 1660. The Labute approximate surface area is 248 Å². The minimum absolute atomic E-state index is 0.00656. The summed E-state index contributed by atoms with van der Waals surface area (Å²) in [5.74, 6) is 1.85. The highest BCUT2D eigenvalue weighted by Gasteiger charge is 2.39. The Balaban J connectivity index is 1.32. The zero-order valence-electron chi connectivity index (χ0n) is 25.8. The molecule has 0 saturated carbocycles. The van der Waals surface area contributed by atoms with Crippen LogP contribution in [0.5, 0.6) is 0 Å². The number of hydrogen-bond acceptors (Lipinski definition) is 7. The molecule has 2 aromatic carbocycles. The maximum atomic E-state index is 5.90. The molecule has 2 fully saturated rings. The van der Waals surface area contributed by atoms with Crippen molar-refractivity contribution in [1.29, 1.82) is 0 Å². The summed E-state index contributed by atoms with van der Waals surface area (Å²) in [6, 6.07) is 13.3. The number of hydrogen-bond donors (Lipinski definition) is 0. The van der Waals surface area contributed by atoms with Gasteiger partial charge in [0.2, 0.25) is 0 Å². The summed E-state index contributed by atoms with van der Waals surface area (Å²) in [6.07, 6.45) is 4.00. The van der Waals surface area contributed by atoms with Crippen molar-refractivity contribution in [3.8, 4) is 11.4 Å². The van der Waals surface area contributed by atoms with E-state index in [0.29, 0.717) is 0 Å². The van der Waals surface area contributed by atoms with Crippen molar-refractivity contribution in [3.63, 3.8) is 0 Å². The van der Waals surface area contributed by atoms with E-state index in [0.717, 1.165) is 86.0 Å². The van der Waals surface area contributed by atoms with Gasteiger partial charge in [0, 0.05) is 79.8 Å². The van der Waals surface area contributed by atoms with Gasteiger partial charge in [-0.2, -0.15) is 5.10 Å². The fourth-order valence-electron chi connectivity index (χ4n) is 7.25. The number of nitrogens with zero attached hydrogens (tertiary/aromatic N) is 6. The first-order chi connectivity index (χ1) is 20.2. The van der Waals surface area contributed by atoms with Gasteiger partial charge in [-0.1, -0.05) is 45.0 Å². The molecule has 8 heteroatoms. The topological polar surface area (TPSA) is 68.5 Å². The van der Waals surface area contributed by atoms with Crippen LogP contribution in [0.1, 0.15) is 49.6 Å². The molecule has 2 aromatic heterocycles. The first-order valence-electron chi connectivity index (χ1n) is 15.2. The fourth-order valence-corrected chi connectivity index (χ4v) is 7.25. The maximum absolute atomic E-state index is 5.90. The molecule has 220 valence electrons. The van der Waals surface area contributed by atoms with Crippen LogP contribution in [0.15, 0.2) is 42.6 Å². The van der Waals surface area contributed by atoms with Crippen molar-refractivity contribution in [2.75, 3.05) is 49.8 Å². The standard InChI is InChI=1S/C34H42N6O2/c1-22-10-11-24(34(4)20-42-21-34)16-28(22)39-14-12-27-26(18-39)32(40-15-13-29(41-6)33(2,3)19-40)37-31(36-27)25-9-7-8-23-17-35-38(5)30(23)25/h7-11,16-17,29H,12-15,18-21H2,1-6H3. The molecule has 4 aromatic rings. The van der Waals surface area contributed by atoms with Crippen LogP contribution >= 0.6 is 0 Å². The normalized spacial score (nSPS) is 21.3. The number of fused-ring (bicyclic) bond motifs is 2. The molecule has 8 nitrogen and oxygen atoms in total. The molecular weight excluding hydrogens is 524 g/mol. The van der Waals surface area contributed by atoms with Crippen LogP contribution in [0.4, 0.5) is 11.5 Å². The number of piperidine rings is 1. The number of aryl methyl sites for hydroxylation is 2. The monoisotopic (exact) mass is 566 g/mol. The summed E-state index contributed by atoms with van der Waals surface area (Å²) in [6.45, 7) is 14.2. The third-order valence-corrected chi connectivity index (χ3v) is 9.84. The second kappa shape index (κ2) is 10.1. The number of rotatable bonds is 5. The van der Waals surface area contributed by atoms with Crippen molar-refractivity contribution >= 4 is 22.4 Å². The Kier molecular flexibility index (Phi) is 6.55. The molecule has 3 aliphatic heterocycles. The van der Waals surface area contributed by atoms with E-state index in [-0.39, 0.29) is 16.9 Å². The van der Waals surface area contributed by atoms with E-state index in [1.165, 1.54) is 22.4 Å². The van der Waals surface area contributed by atoms with Gasteiger partial charge in [-0.15, -0.1) is 0 Å². The maximum Gasteiger partial charge on any atom is 0.163 e. The molecule has 1 atom stereocenters. The van der Waals surface area contributed by atoms with Gasteiger partial charge in [0.25, 0.3) is 0 Å². The number of benzene rings is 2. The largest absolute Gasteiger partial charge is 0.381 e. The molecule has 0 amide bonds. The molecule has 7 rings (SSSR count). The Hall–Kier alpha value is -3.49. The van der Waals surface area contributed by atoms with Crippen molar-refractivity contribution in [1.82, 2.24) is 19.7 Å². The Morgan fingerprint density at radius 1 is 1.02 bits per heavy atom. The zero-order chi connectivity index (χ0) is 29.2. The third kappa shape index (κ3) is 4.47. The lowest BCUT2D eigenvalue weighted by Crippen LogP contribution is -2.50. The summed E-state index contributed by atoms with van der Waals surface area (Å²) in [4.78, 5) is 15.7. The lowest BCUT2D eigenvalue weighted by atomic mass is 9.80. The lowest BCUT2D eigenvalue weighted by molar-refractivity contribution is -0.0499. The molecule has 3 aliphatic rings. The minimum atomic E-state index is 0.00656. The van der Waals surface area contributed by atoms with Crippen LogP contribution in [0.2, 0.25) is 0 Å². The summed E-state index contributed by atoms with van der Waals surface area (Å²) >= 11 is 0. The van der Waals surface area contributed by atoms with Gasteiger partial charge >= 0.3 is 0 Å². The molecule has 2 saturated heterocycles. The molecule has 0 radical (unpaired) electrons. The van der Waals surface area contributed by atoms with E-state index in [4.69, 9.17) is 19.4 Å². The van der Waals surface area contributed by atoms with Gasteiger partial charge in [0.05, 0.1) is 36.7 Å². The van der Waals surface area contributed by atoms with Crippen LogP contribution < -0.4 is 9.80 Å². The average molecular weight is 567 g/mol. The van der Waals surface area contributed by atoms with Crippen molar-refractivity contribution in [2.24, 2.45) is 12.5 Å². The van der Waals surface area contributed by atoms with E-state index in [1.54, 1.807) is 0 Å². The molecule has 0 aliphatic carbocycles. The Morgan fingerprint density at radius 3 is 2.60 bits per heavy atom. The van der Waals surface area contributed by atoms with Crippen LogP contribution in [-0.4, -0.2) is 65.8 Å². The van der Waals surface area contributed by atoms with Gasteiger partial charge in [-0.05, 0) is 36.6 Å². The number of anilines is 2. The summed E-state index contributed by atoms with van der Waals surface area (Å²) in [5, 5.41) is 5.63. The third-order valence-electron chi connectivity index (χ3n) is 9.84. The van der Waals surface area contributed by atoms with Crippen LogP contribution in [0.3, 0.4) is 0 Å². The van der Waals surface area contributed by atoms with E-state index in [2.05, 4.69) is 79.0 Å². The summed E-state index contributed by atoms with van der Waals surface area (Å²) < 4.78 is 13.4. The number of para-hydroxylation sites is 1. The van der Waals surface area contributed by atoms with Crippen LogP contribution in [0.25, 0.3) is 22.3 Å². The number of aromatic nitrogens is 4. The molecular formula is C34H42N6O2. The molecule has 0 spiro atoms. The second-order valence-electron chi connectivity index (χ2n) is 13.5. The first kappa shape index (κ1) is 27.3. The highest BCUT2D eigenvalue weighted by molar-refractivity contribution is 5.92. The highest BCUT2D eigenvalue weighted by Crippen LogP contribution is 2.40. The number of ether oxygens (including phenoxy) is 2. The fraction of sp³-hybridized carbons (Fsp3) is 0.500. The van der Waals surface area contributed by atoms with Gasteiger partial charge < -0.3 is 19.3 Å². The molecule has 0 bridgehead atoms. The quantitative estimate of drug-likeness (QED) is 0.319. The van der Waals surface area contributed by atoms with Gasteiger partial charge in [0.15, 0.2) is 5.82 Å². The molecule has 42 heavy (non-hydrogen) atoms. The van der Waals surface area contributed by atoms with Crippen molar-refractivity contribution in [2.45, 2.75) is 58.6 Å². The van der Waals surface area contributed by atoms with Gasteiger partial charge in [-0.3, -0.25) is 4.68 Å². The predicted molar refractivity (Wildman–Crippen MR) is 167 cm³/mol. The average Bonchev–Trinajstić information content (AvgIpc) is 3.35. The first-order valence-corrected chi connectivity index (χ1v) is 15.2. The van der Waals surface area contributed by atoms with E-state index in [1.807, 2.05) is 25.0 Å². The van der Waals surface area contributed by atoms with E-state index >= 15 is 0 Å². The van der Waals surface area contributed by atoms with Gasteiger partial charge in [-0.25, -0.2) is 9.97 Å². The SMILES string of the molecule is COC1CCN(c2nc(-c3cccc4cnn(C)c34)nc3c2CN(c2cc(C4(C)COC4)ccc2C)CC3)CC1(C)C. The second-order valence-corrected chi connectivity index (χ2v) is 13.5. The van der Waals surface area contributed by atoms with Crippen molar-refractivity contribution < 1.29 is 9.47 Å². The summed E-state index contributed by atoms with van der Waals surface area (Å²) in [5.41, 5.74) is 8.58. The van der Waals surface area contributed by atoms with Crippen molar-refractivity contribution in [3.05, 3.63) is 65.0 Å².